The van der Waals surface area contributed by atoms with Crippen molar-refractivity contribution < 1.29 is 8.42 Å². The van der Waals surface area contributed by atoms with Crippen LogP contribution in [0.3, 0.4) is 0 Å². The van der Waals surface area contributed by atoms with Crippen molar-refractivity contribution in [3.8, 4) is 0 Å². The molecule has 0 saturated heterocycles. The third-order valence-electron chi connectivity index (χ3n) is 3.34. The van der Waals surface area contributed by atoms with Gasteiger partial charge in [0.05, 0.1) is 6.33 Å². The summed E-state index contributed by atoms with van der Waals surface area (Å²) in [6.07, 6.45) is 6.43. The number of hydrogen-bond donors (Lipinski definition) is 2. The first-order chi connectivity index (χ1) is 8.51. The second-order valence-electron chi connectivity index (χ2n) is 4.78. The van der Waals surface area contributed by atoms with E-state index in [0.717, 1.165) is 25.7 Å². The van der Waals surface area contributed by atoms with E-state index in [9.17, 15) is 8.42 Å². The third-order valence-corrected chi connectivity index (χ3v) is 4.75. The Morgan fingerprint density at radius 3 is 2.67 bits per heavy atom. The number of sulfonamides is 1. The summed E-state index contributed by atoms with van der Waals surface area (Å²) < 4.78 is 28.6. The second-order valence-corrected chi connectivity index (χ2v) is 6.44. The third kappa shape index (κ3) is 3.09. The van der Waals surface area contributed by atoms with Crippen LogP contribution in [0.15, 0.2) is 17.6 Å². The van der Waals surface area contributed by atoms with E-state index < -0.39 is 10.0 Å². The van der Waals surface area contributed by atoms with Gasteiger partial charge in [0.15, 0.2) is 5.03 Å². The average molecular weight is 272 g/mol. The summed E-state index contributed by atoms with van der Waals surface area (Å²) in [5, 5.41) is 0.0965. The molecule has 0 aromatic carbocycles. The number of aromatic nitrogens is 2. The highest BCUT2D eigenvalue weighted by atomic mass is 32.2. The first-order valence-corrected chi connectivity index (χ1v) is 7.79. The van der Waals surface area contributed by atoms with Gasteiger partial charge in [-0.1, -0.05) is 0 Å². The van der Waals surface area contributed by atoms with Crippen LogP contribution in [0.25, 0.3) is 0 Å². The van der Waals surface area contributed by atoms with E-state index in [4.69, 9.17) is 5.73 Å². The molecule has 2 rings (SSSR count). The molecular weight excluding hydrogens is 252 g/mol. The van der Waals surface area contributed by atoms with Crippen LogP contribution >= 0.6 is 0 Å². The fourth-order valence-electron chi connectivity index (χ4n) is 2.17. The van der Waals surface area contributed by atoms with Crippen LogP contribution in [0, 0.1) is 0 Å². The largest absolute Gasteiger partial charge is 0.336 e. The summed E-state index contributed by atoms with van der Waals surface area (Å²) in [6, 6.07) is 0.201. The molecular formula is C11H20N4O2S. The quantitative estimate of drug-likeness (QED) is 0.832. The summed E-state index contributed by atoms with van der Waals surface area (Å²) in [4.78, 5) is 3.93. The monoisotopic (exact) mass is 272 g/mol. The molecule has 1 heterocycles. The molecule has 0 spiro atoms. The highest BCUT2D eigenvalue weighted by molar-refractivity contribution is 7.89. The number of nitrogens with one attached hydrogen (secondary N) is 1. The van der Waals surface area contributed by atoms with E-state index >= 15 is 0 Å². The van der Waals surface area contributed by atoms with Gasteiger partial charge in [0.2, 0.25) is 0 Å². The SMILES string of the molecule is CCn1cnc(S(=O)(=O)NC2CCC(N)CC2)c1. The number of nitrogens with zero attached hydrogens (tertiary/aromatic N) is 2. The van der Waals surface area contributed by atoms with Crippen LogP contribution in [-0.4, -0.2) is 30.1 Å². The van der Waals surface area contributed by atoms with E-state index in [1.165, 1.54) is 6.33 Å². The minimum absolute atomic E-state index is 0.0124. The van der Waals surface area contributed by atoms with E-state index in [-0.39, 0.29) is 17.1 Å². The Morgan fingerprint density at radius 2 is 2.11 bits per heavy atom. The normalized spacial score (nSPS) is 25.2. The summed E-state index contributed by atoms with van der Waals surface area (Å²) in [6.45, 7) is 2.65. The molecule has 102 valence electrons. The van der Waals surface area contributed by atoms with Crippen LogP contribution in [-0.2, 0) is 16.6 Å². The maximum Gasteiger partial charge on any atom is 0.259 e. The van der Waals surface area contributed by atoms with Crippen LogP contribution < -0.4 is 10.5 Å². The average Bonchev–Trinajstić information content (AvgIpc) is 2.81. The topological polar surface area (TPSA) is 90.0 Å². The maximum atomic E-state index is 12.1. The predicted molar refractivity (Wildman–Crippen MR) is 68.5 cm³/mol. The van der Waals surface area contributed by atoms with Gasteiger partial charge in [-0.2, -0.15) is 0 Å². The maximum absolute atomic E-state index is 12.1. The Hall–Kier alpha value is -0.920. The van der Waals surface area contributed by atoms with Gasteiger partial charge in [-0.15, -0.1) is 0 Å². The van der Waals surface area contributed by atoms with Gasteiger partial charge in [-0.05, 0) is 32.6 Å². The van der Waals surface area contributed by atoms with Crippen LogP contribution in [0.1, 0.15) is 32.6 Å². The molecule has 7 heteroatoms. The molecule has 1 aromatic rings. The van der Waals surface area contributed by atoms with Crippen molar-refractivity contribution in [2.75, 3.05) is 0 Å². The molecule has 0 bridgehead atoms. The van der Waals surface area contributed by atoms with Crippen LogP contribution in [0.4, 0.5) is 0 Å². The van der Waals surface area contributed by atoms with Crippen molar-refractivity contribution in [3.63, 3.8) is 0 Å². The molecule has 1 aromatic heterocycles. The lowest BCUT2D eigenvalue weighted by atomic mass is 9.93. The molecule has 18 heavy (non-hydrogen) atoms. The number of aryl methyl sites for hydroxylation is 1. The van der Waals surface area contributed by atoms with Gasteiger partial charge in [0.1, 0.15) is 0 Å². The molecule has 3 N–H and O–H groups in total. The lowest BCUT2D eigenvalue weighted by Gasteiger charge is -2.26. The standard InChI is InChI=1S/C11H20N4O2S/c1-2-15-7-11(13-8-15)18(16,17)14-10-5-3-9(12)4-6-10/h7-10,14H,2-6,12H2,1H3. The second kappa shape index (κ2) is 5.38. The number of rotatable bonds is 4. The summed E-state index contributed by atoms with van der Waals surface area (Å²) in [5.41, 5.74) is 5.80. The zero-order valence-corrected chi connectivity index (χ0v) is 11.4. The fraction of sp³-hybridized carbons (Fsp3) is 0.727. The summed E-state index contributed by atoms with van der Waals surface area (Å²) in [5.74, 6) is 0. The van der Waals surface area contributed by atoms with Crippen LogP contribution in [0.2, 0.25) is 0 Å². The summed E-state index contributed by atoms with van der Waals surface area (Å²) in [7, 11) is -3.49. The molecule has 0 radical (unpaired) electrons. The van der Waals surface area contributed by atoms with Gasteiger partial charge in [-0.3, -0.25) is 0 Å². The minimum atomic E-state index is -3.49. The van der Waals surface area contributed by atoms with Crippen molar-refractivity contribution >= 4 is 10.0 Å². The first kappa shape index (κ1) is 13.5. The zero-order chi connectivity index (χ0) is 13.2. The van der Waals surface area contributed by atoms with Crippen molar-refractivity contribution in [3.05, 3.63) is 12.5 Å². The predicted octanol–water partition coefficient (Wildman–Crippen LogP) is 0.451. The van der Waals surface area contributed by atoms with Gasteiger partial charge in [-0.25, -0.2) is 18.1 Å². The van der Waals surface area contributed by atoms with Gasteiger partial charge < -0.3 is 10.3 Å². The van der Waals surface area contributed by atoms with E-state index in [1.54, 1.807) is 10.8 Å². The molecule has 1 fully saturated rings. The lowest BCUT2D eigenvalue weighted by molar-refractivity contribution is 0.373. The van der Waals surface area contributed by atoms with E-state index in [2.05, 4.69) is 9.71 Å². The highest BCUT2D eigenvalue weighted by Crippen LogP contribution is 2.19. The molecule has 0 aliphatic heterocycles. The van der Waals surface area contributed by atoms with Crippen molar-refractivity contribution in [1.82, 2.24) is 14.3 Å². The first-order valence-electron chi connectivity index (χ1n) is 6.31. The Kier molecular flexibility index (Phi) is 4.04. The zero-order valence-electron chi connectivity index (χ0n) is 10.5. The van der Waals surface area contributed by atoms with E-state index in [1.807, 2.05) is 6.92 Å². The lowest BCUT2D eigenvalue weighted by Crippen LogP contribution is -2.40. The minimum Gasteiger partial charge on any atom is -0.336 e. The van der Waals surface area contributed by atoms with Crippen molar-refractivity contribution in [2.24, 2.45) is 5.73 Å². The number of nitrogens with two attached hydrogens (primary N) is 1. The molecule has 6 nitrogen and oxygen atoms in total. The van der Waals surface area contributed by atoms with Crippen molar-refractivity contribution in [1.29, 1.82) is 0 Å². The fourth-order valence-corrected chi connectivity index (χ4v) is 3.42. The van der Waals surface area contributed by atoms with E-state index in [0.29, 0.717) is 6.54 Å². The van der Waals surface area contributed by atoms with Gasteiger partial charge >= 0.3 is 0 Å². The van der Waals surface area contributed by atoms with Gasteiger partial charge in [0.25, 0.3) is 10.0 Å². The molecule has 0 amide bonds. The Labute approximate surface area is 108 Å². The molecule has 1 saturated carbocycles. The number of imidazole rings is 1. The molecule has 0 unspecified atom stereocenters. The van der Waals surface area contributed by atoms with Gasteiger partial charge in [0, 0.05) is 24.8 Å². The number of hydrogen-bond acceptors (Lipinski definition) is 4. The molecule has 0 atom stereocenters. The smallest absolute Gasteiger partial charge is 0.259 e. The van der Waals surface area contributed by atoms with Crippen molar-refractivity contribution in [2.45, 2.75) is 56.3 Å². The summed E-state index contributed by atoms with van der Waals surface area (Å²) >= 11 is 0. The Bertz CT molecular complexity index is 489. The Morgan fingerprint density at radius 1 is 1.44 bits per heavy atom. The Balaban J connectivity index is 2.03. The highest BCUT2D eigenvalue weighted by Gasteiger charge is 2.25. The molecule has 1 aliphatic rings. The van der Waals surface area contributed by atoms with Crippen LogP contribution in [0.5, 0.6) is 0 Å². The molecule has 1 aliphatic carbocycles.